The molecule has 1 aromatic heterocycles. The molecule has 0 aliphatic rings. The number of carbonyl (C=O) groups excluding carboxylic acids is 2. The van der Waals surface area contributed by atoms with Gasteiger partial charge in [0.1, 0.15) is 5.01 Å². The molecule has 0 aliphatic heterocycles. The first kappa shape index (κ1) is 19.8. The molecule has 5 nitrogen and oxygen atoms in total. The van der Waals surface area contributed by atoms with Gasteiger partial charge in [-0.05, 0) is 18.4 Å². The van der Waals surface area contributed by atoms with Crippen LogP contribution < -0.4 is 5.32 Å². The van der Waals surface area contributed by atoms with E-state index >= 15 is 0 Å². The minimum atomic E-state index is -0.891. The van der Waals surface area contributed by atoms with Crippen LogP contribution in [-0.4, -0.2) is 29.5 Å². The highest BCUT2D eigenvalue weighted by Crippen LogP contribution is 2.23. The summed E-state index contributed by atoms with van der Waals surface area (Å²) >= 11 is 1.37. The monoisotopic (exact) mass is 394 g/mol. The first-order valence-electron chi connectivity index (χ1n) is 9.09. The van der Waals surface area contributed by atoms with E-state index in [0.29, 0.717) is 6.54 Å². The van der Waals surface area contributed by atoms with Crippen molar-refractivity contribution in [3.63, 3.8) is 0 Å². The molecule has 144 valence electrons. The van der Waals surface area contributed by atoms with Gasteiger partial charge in [0, 0.05) is 17.5 Å². The number of rotatable bonds is 7. The number of hydrogen-bond acceptors (Lipinski definition) is 5. The van der Waals surface area contributed by atoms with Gasteiger partial charge in [0.2, 0.25) is 0 Å². The summed E-state index contributed by atoms with van der Waals surface area (Å²) < 4.78 is 5.28. The van der Waals surface area contributed by atoms with Crippen LogP contribution in [0.15, 0.2) is 66.0 Å². The molecule has 0 saturated heterocycles. The van der Waals surface area contributed by atoms with Crippen LogP contribution in [0.2, 0.25) is 0 Å². The minimum Gasteiger partial charge on any atom is -0.448 e. The Labute approximate surface area is 168 Å². The molecule has 0 radical (unpaired) electrons. The molecular weight excluding hydrogens is 372 g/mol. The number of esters is 1. The Morgan fingerprint density at radius 3 is 2.36 bits per heavy atom. The van der Waals surface area contributed by atoms with Gasteiger partial charge in [-0.1, -0.05) is 67.6 Å². The second-order valence-electron chi connectivity index (χ2n) is 6.51. The Bertz CT molecular complexity index is 925. The van der Waals surface area contributed by atoms with Gasteiger partial charge in [-0.15, -0.1) is 11.3 Å². The van der Waals surface area contributed by atoms with Gasteiger partial charge >= 0.3 is 5.97 Å². The SMILES string of the molecule is C[C@@H](OC(=O)c1csc(-c2ccccc2)n1)C(=O)NC[C@H](C)c1ccccc1. The predicted octanol–water partition coefficient (Wildman–Crippen LogP) is 4.28. The largest absolute Gasteiger partial charge is 0.448 e. The molecule has 3 rings (SSSR count). The molecule has 28 heavy (non-hydrogen) atoms. The Kier molecular flexibility index (Phi) is 6.55. The molecule has 0 fully saturated rings. The minimum absolute atomic E-state index is 0.167. The fraction of sp³-hybridized carbons (Fsp3) is 0.227. The average Bonchev–Trinajstić information content (AvgIpc) is 3.23. The smallest absolute Gasteiger partial charge is 0.358 e. The normalized spacial score (nSPS) is 12.8. The van der Waals surface area contributed by atoms with Crippen molar-refractivity contribution in [1.82, 2.24) is 10.3 Å². The van der Waals surface area contributed by atoms with Crippen LogP contribution in [0.3, 0.4) is 0 Å². The highest BCUT2D eigenvalue weighted by Gasteiger charge is 2.21. The fourth-order valence-corrected chi connectivity index (χ4v) is 3.45. The van der Waals surface area contributed by atoms with Crippen LogP contribution in [0, 0.1) is 0 Å². The topological polar surface area (TPSA) is 68.3 Å². The van der Waals surface area contributed by atoms with E-state index in [1.165, 1.54) is 11.3 Å². The number of nitrogens with zero attached hydrogens (tertiary/aromatic N) is 1. The lowest BCUT2D eigenvalue weighted by Gasteiger charge is -2.16. The molecule has 0 aliphatic carbocycles. The Morgan fingerprint density at radius 1 is 1.04 bits per heavy atom. The van der Waals surface area contributed by atoms with Crippen LogP contribution in [0.1, 0.15) is 35.8 Å². The van der Waals surface area contributed by atoms with Gasteiger partial charge in [-0.2, -0.15) is 0 Å². The van der Waals surface area contributed by atoms with E-state index in [2.05, 4.69) is 10.3 Å². The quantitative estimate of drug-likeness (QED) is 0.608. The van der Waals surface area contributed by atoms with E-state index < -0.39 is 12.1 Å². The van der Waals surface area contributed by atoms with Gasteiger partial charge < -0.3 is 10.1 Å². The summed E-state index contributed by atoms with van der Waals surface area (Å²) in [7, 11) is 0. The van der Waals surface area contributed by atoms with Gasteiger partial charge in [0.15, 0.2) is 11.8 Å². The second-order valence-corrected chi connectivity index (χ2v) is 7.37. The van der Waals surface area contributed by atoms with Crippen LogP contribution >= 0.6 is 11.3 Å². The lowest BCUT2D eigenvalue weighted by Crippen LogP contribution is -2.37. The van der Waals surface area contributed by atoms with Gasteiger partial charge in [-0.3, -0.25) is 4.79 Å². The molecule has 3 aromatic rings. The number of aromatic nitrogens is 1. The zero-order valence-electron chi connectivity index (χ0n) is 15.8. The van der Waals surface area contributed by atoms with Crippen molar-refractivity contribution in [3.8, 4) is 10.6 Å². The second kappa shape index (κ2) is 9.28. The fourth-order valence-electron chi connectivity index (χ4n) is 2.65. The summed E-state index contributed by atoms with van der Waals surface area (Å²) in [5.41, 5.74) is 2.29. The third-order valence-corrected chi connectivity index (χ3v) is 5.23. The summed E-state index contributed by atoms with van der Waals surface area (Å²) in [5.74, 6) is -0.758. The van der Waals surface area contributed by atoms with Crippen molar-refractivity contribution in [2.45, 2.75) is 25.9 Å². The number of nitrogens with one attached hydrogen (secondary N) is 1. The van der Waals surface area contributed by atoms with Crippen molar-refractivity contribution in [2.75, 3.05) is 6.54 Å². The number of ether oxygens (including phenoxy) is 1. The van der Waals surface area contributed by atoms with E-state index in [0.717, 1.165) is 16.1 Å². The van der Waals surface area contributed by atoms with E-state index in [4.69, 9.17) is 4.74 Å². The van der Waals surface area contributed by atoms with Crippen LogP contribution in [0.25, 0.3) is 10.6 Å². The highest BCUT2D eigenvalue weighted by atomic mass is 32.1. The molecule has 0 unspecified atom stereocenters. The number of thiazole rings is 1. The number of benzene rings is 2. The van der Waals surface area contributed by atoms with Crippen molar-refractivity contribution in [3.05, 3.63) is 77.3 Å². The molecular formula is C22H22N2O3S. The first-order valence-corrected chi connectivity index (χ1v) is 9.97. The Hall–Kier alpha value is -2.99. The van der Waals surface area contributed by atoms with Crippen molar-refractivity contribution in [1.29, 1.82) is 0 Å². The molecule has 0 spiro atoms. The van der Waals surface area contributed by atoms with Crippen LogP contribution in [0.5, 0.6) is 0 Å². The van der Waals surface area contributed by atoms with Crippen molar-refractivity contribution in [2.24, 2.45) is 0 Å². The third-order valence-electron chi connectivity index (χ3n) is 4.34. The van der Waals surface area contributed by atoms with Crippen molar-refractivity contribution < 1.29 is 14.3 Å². The van der Waals surface area contributed by atoms with E-state index in [1.54, 1.807) is 12.3 Å². The summed E-state index contributed by atoms with van der Waals surface area (Å²) in [5, 5.41) is 5.22. The zero-order chi connectivity index (χ0) is 19.9. The summed E-state index contributed by atoms with van der Waals surface area (Å²) in [6.07, 6.45) is -0.891. The maximum atomic E-state index is 12.3. The molecule has 6 heteroatoms. The average molecular weight is 394 g/mol. The van der Waals surface area contributed by atoms with E-state index in [9.17, 15) is 9.59 Å². The van der Waals surface area contributed by atoms with Gasteiger partial charge in [0.05, 0.1) is 0 Å². The maximum Gasteiger partial charge on any atom is 0.358 e. The standard InChI is InChI=1S/C22H22N2O3S/c1-15(17-9-5-3-6-10-17)13-23-20(25)16(2)27-22(26)19-14-28-21(24-19)18-11-7-4-8-12-18/h3-12,14-16H,13H2,1-2H3,(H,23,25)/t15-,16+/m0/s1. The van der Waals surface area contributed by atoms with E-state index in [-0.39, 0.29) is 17.5 Å². The molecule has 2 aromatic carbocycles. The number of hydrogen-bond donors (Lipinski definition) is 1. The van der Waals surface area contributed by atoms with Crippen molar-refractivity contribution >= 4 is 23.2 Å². The van der Waals surface area contributed by atoms with E-state index in [1.807, 2.05) is 67.6 Å². The molecule has 0 saturated carbocycles. The first-order chi connectivity index (χ1) is 13.5. The van der Waals surface area contributed by atoms with Gasteiger partial charge in [0.25, 0.3) is 5.91 Å². The number of amides is 1. The third kappa shape index (κ3) is 5.04. The lowest BCUT2D eigenvalue weighted by atomic mass is 10.0. The lowest BCUT2D eigenvalue weighted by molar-refractivity contribution is -0.129. The number of carbonyl (C=O) groups is 2. The summed E-state index contributed by atoms with van der Waals surface area (Å²) in [4.78, 5) is 28.9. The highest BCUT2D eigenvalue weighted by molar-refractivity contribution is 7.13. The predicted molar refractivity (Wildman–Crippen MR) is 110 cm³/mol. The Morgan fingerprint density at radius 2 is 1.68 bits per heavy atom. The summed E-state index contributed by atoms with van der Waals surface area (Å²) in [6, 6.07) is 19.5. The van der Waals surface area contributed by atoms with Crippen LogP contribution in [0.4, 0.5) is 0 Å². The molecule has 1 heterocycles. The maximum absolute atomic E-state index is 12.3. The zero-order valence-corrected chi connectivity index (χ0v) is 16.6. The summed E-state index contributed by atoms with van der Waals surface area (Å²) in [6.45, 7) is 4.07. The Balaban J connectivity index is 1.52. The molecule has 0 bridgehead atoms. The molecule has 1 amide bonds. The molecule has 2 atom stereocenters. The van der Waals surface area contributed by atoms with Crippen LogP contribution in [-0.2, 0) is 9.53 Å². The molecule has 1 N–H and O–H groups in total. The van der Waals surface area contributed by atoms with Gasteiger partial charge in [-0.25, -0.2) is 9.78 Å².